The summed E-state index contributed by atoms with van der Waals surface area (Å²) in [5.74, 6) is 1.39. The first-order valence-corrected chi connectivity index (χ1v) is 12.1. The molecule has 3 atom stereocenters. The molecule has 7 nitrogen and oxygen atoms in total. The van der Waals surface area contributed by atoms with Crippen LogP contribution in [0, 0.1) is 11.3 Å². The molecule has 2 aliphatic carbocycles. The van der Waals surface area contributed by atoms with Gasteiger partial charge in [0.15, 0.2) is 16.6 Å². The van der Waals surface area contributed by atoms with Crippen molar-refractivity contribution in [2.24, 2.45) is 11.3 Å². The van der Waals surface area contributed by atoms with Gasteiger partial charge < -0.3 is 14.8 Å². The average Bonchev–Trinajstić information content (AvgIpc) is 3.40. The number of hydrogen-bond acceptors (Lipinski definition) is 6. The van der Waals surface area contributed by atoms with Crippen molar-refractivity contribution in [2.75, 3.05) is 12.1 Å². The predicted molar refractivity (Wildman–Crippen MR) is 122 cm³/mol. The van der Waals surface area contributed by atoms with Gasteiger partial charge >= 0.3 is 0 Å². The van der Waals surface area contributed by atoms with Crippen LogP contribution in [0.15, 0.2) is 18.2 Å². The van der Waals surface area contributed by atoms with Crippen molar-refractivity contribution in [3.8, 4) is 11.5 Å². The Morgan fingerprint density at radius 1 is 1.19 bits per heavy atom. The summed E-state index contributed by atoms with van der Waals surface area (Å²) >= 11 is 1.46. The highest BCUT2D eigenvalue weighted by molar-refractivity contribution is 7.16. The molecule has 0 unspecified atom stereocenters. The molecule has 3 aliphatic rings. The zero-order valence-corrected chi connectivity index (χ0v) is 19.5. The maximum Gasteiger partial charge on any atom is 0.257 e. The van der Waals surface area contributed by atoms with Gasteiger partial charge in [0, 0.05) is 16.5 Å². The normalized spacial score (nSPS) is 25.3. The van der Waals surface area contributed by atoms with Crippen LogP contribution in [0.25, 0.3) is 0 Å². The van der Waals surface area contributed by atoms with E-state index in [1.807, 2.05) is 0 Å². The van der Waals surface area contributed by atoms with Crippen molar-refractivity contribution in [3.05, 3.63) is 34.3 Å². The summed E-state index contributed by atoms with van der Waals surface area (Å²) < 4.78 is 10.6. The van der Waals surface area contributed by atoms with Crippen LogP contribution >= 0.6 is 11.3 Å². The second-order valence-corrected chi connectivity index (χ2v) is 11.1. The molecule has 2 heterocycles. The van der Waals surface area contributed by atoms with E-state index in [1.54, 1.807) is 18.2 Å². The lowest BCUT2D eigenvalue weighted by Gasteiger charge is -2.39. The van der Waals surface area contributed by atoms with Gasteiger partial charge in [0.1, 0.15) is 0 Å². The fourth-order valence-electron chi connectivity index (χ4n) is 5.50. The fraction of sp³-hybridized carbons (Fsp3) is 0.542. The van der Waals surface area contributed by atoms with E-state index >= 15 is 0 Å². The number of carbonyl (C=O) groups is 2. The van der Waals surface area contributed by atoms with Crippen LogP contribution < -0.4 is 20.1 Å². The summed E-state index contributed by atoms with van der Waals surface area (Å²) in [5.41, 5.74) is 1.55. The van der Waals surface area contributed by atoms with E-state index in [1.165, 1.54) is 17.8 Å². The number of fused-ring (bicyclic) bond motifs is 2. The van der Waals surface area contributed by atoms with Crippen LogP contribution in [0.2, 0.25) is 0 Å². The van der Waals surface area contributed by atoms with E-state index in [-0.39, 0.29) is 36.0 Å². The van der Waals surface area contributed by atoms with E-state index in [9.17, 15) is 9.59 Å². The van der Waals surface area contributed by atoms with Gasteiger partial charge in [-0.15, -0.1) is 11.3 Å². The molecule has 2 aromatic rings. The zero-order chi connectivity index (χ0) is 22.5. The summed E-state index contributed by atoms with van der Waals surface area (Å²) in [6.45, 7) is 7.00. The van der Waals surface area contributed by atoms with Gasteiger partial charge in [-0.25, -0.2) is 4.98 Å². The Hall–Kier alpha value is -2.61. The average molecular weight is 456 g/mol. The molecule has 0 saturated heterocycles. The number of benzene rings is 1. The molecule has 0 spiro atoms. The minimum absolute atomic E-state index is 0.0672. The molecule has 1 saturated carbocycles. The van der Waals surface area contributed by atoms with Crippen molar-refractivity contribution in [1.29, 1.82) is 0 Å². The lowest BCUT2D eigenvalue weighted by atomic mass is 9.70. The van der Waals surface area contributed by atoms with Crippen molar-refractivity contribution in [2.45, 2.75) is 64.8 Å². The largest absolute Gasteiger partial charge is 0.454 e. The molecule has 1 fully saturated rings. The second-order valence-electron chi connectivity index (χ2n) is 10.1. The highest BCUT2D eigenvalue weighted by Crippen LogP contribution is 2.41. The molecule has 170 valence electrons. The number of nitrogens with one attached hydrogen (secondary N) is 2. The lowest BCUT2D eigenvalue weighted by Crippen LogP contribution is -2.44. The van der Waals surface area contributed by atoms with Crippen molar-refractivity contribution in [3.63, 3.8) is 0 Å². The Morgan fingerprint density at radius 2 is 2.00 bits per heavy atom. The van der Waals surface area contributed by atoms with Crippen LogP contribution in [0.3, 0.4) is 0 Å². The third-order valence-corrected chi connectivity index (χ3v) is 7.67. The van der Waals surface area contributed by atoms with Crippen LogP contribution in [0.5, 0.6) is 11.5 Å². The number of aromatic nitrogens is 1. The number of carbonyl (C=O) groups excluding carboxylic acids is 2. The van der Waals surface area contributed by atoms with E-state index in [4.69, 9.17) is 9.47 Å². The highest BCUT2D eigenvalue weighted by atomic mass is 32.1. The van der Waals surface area contributed by atoms with Crippen LogP contribution in [-0.2, 0) is 11.2 Å². The van der Waals surface area contributed by atoms with Gasteiger partial charge in [-0.2, -0.15) is 0 Å². The molecule has 1 aromatic carbocycles. The number of amides is 2. The number of anilines is 1. The summed E-state index contributed by atoms with van der Waals surface area (Å²) in [4.78, 5) is 31.5. The third-order valence-electron chi connectivity index (χ3n) is 6.62. The molecule has 32 heavy (non-hydrogen) atoms. The molecule has 0 bridgehead atoms. The Morgan fingerprint density at radius 3 is 2.81 bits per heavy atom. The quantitative estimate of drug-likeness (QED) is 0.709. The fourth-order valence-corrected chi connectivity index (χ4v) is 6.53. The van der Waals surface area contributed by atoms with Gasteiger partial charge in [-0.1, -0.05) is 20.8 Å². The molecular formula is C24H29N3O4S. The first-order valence-electron chi connectivity index (χ1n) is 11.3. The molecule has 5 rings (SSSR count). The van der Waals surface area contributed by atoms with E-state index < -0.39 is 0 Å². The van der Waals surface area contributed by atoms with E-state index in [2.05, 4.69) is 36.4 Å². The molecule has 1 aromatic heterocycles. The molecule has 8 heteroatoms. The Bertz CT molecular complexity index is 1060. The molecule has 2 amide bonds. The minimum atomic E-state index is -0.254. The Balaban J connectivity index is 1.25. The van der Waals surface area contributed by atoms with Gasteiger partial charge in [0.2, 0.25) is 12.7 Å². The van der Waals surface area contributed by atoms with Gasteiger partial charge in [-0.3, -0.25) is 14.9 Å². The summed E-state index contributed by atoms with van der Waals surface area (Å²) in [6, 6.07) is 5.32. The molecule has 0 radical (unpaired) electrons. The van der Waals surface area contributed by atoms with Gasteiger partial charge in [-0.05, 0) is 61.6 Å². The monoisotopic (exact) mass is 455 g/mol. The van der Waals surface area contributed by atoms with Crippen molar-refractivity contribution in [1.82, 2.24) is 10.3 Å². The summed E-state index contributed by atoms with van der Waals surface area (Å²) in [7, 11) is 0. The summed E-state index contributed by atoms with van der Waals surface area (Å²) in [5, 5.41) is 6.71. The molecular weight excluding hydrogens is 426 g/mol. The number of aryl methyl sites for hydroxylation is 1. The maximum absolute atomic E-state index is 13.1. The number of thiazole rings is 1. The van der Waals surface area contributed by atoms with Gasteiger partial charge in [0.05, 0.1) is 11.6 Å². The van der Waals surface area contributed by atoms with Crippen LogP contribution in [0.1, 0.15) is 73.3 Å². The predicted octanol–water partition coefficient (Wildman–Crippen LogP) is 4.48. The number of rotatable bonds is 4. The van der Waals surface area contributed by atoms with Crippen molar-refractivity contribution < 1.29 is 19.1 Å². The van der Waals surface area contributed by atoms with Crippen LogP contribution in [0.4, 0.5) is 5.13 Å². The third kappa shape index (κ3) is 4.20. The Kier molecular flexibility index (Phi) is 5.35. The first-order chi connectivity index (χ1) is 15.3. The standard InChI is InChI=1S/C24H29N3O4S/c1-13-8-15(11-24(2,3)10-13)25-22(29)16-5-7-19-20(16)26-23(32-19)27-21(28)14-4-6-17-18(9-14)31-12-30-17/h4,6,9,13,15-16H,5,7-8,10-12H2,1-3H3,(H,25,29)(H,26,27,28)/t13-,15-,16+/m0/s1. The smallest absolute Gasteiger partial charge is 0.257 e. The number of ether oxygens (including phenoxy) is 2. The Labute approximate surface area is 191 Å². The molecule has 2 N–H and O–H groups in total. The van der Waals surface area contributed by atoms with Crippen LogP contribution in [-0.4, -0.2) is 29.6 Å². The van der Waals surface area contributed by atoms with Crippen molar-refractivity contribution >= 4 is 28.3 Å². The topological polar surface area (TPSA) is 89.6 Å². The van der Waals surface area contributed by atoms with E-state index in [0.29, 0.717) is 28.1 Å². The minimum Gasteiger partial charge on any atom is -0.454 e. The SMILES string of the molecule is C[C@H]1C[C@H](NC(=O)[C@@H]2CCc3sc(NC(=O)c4ccc5c(c4)OCO5)nc32)CC(C)(C)C1. The first kappa shape index (κ1) is 21.2. The number of hydrogen-bond donors (Lipinski definition) is 2. The number of nitrogens with zero attached hydrogens (tertiary/aromatic N) is 1. The zero-order valence-electron chi connectivity index (χ0n) is 18.7. The lowest BCUT2D eigenvalue weighted by molar-refractivity contribution is -0.123. The van der Waals surface area contributed by atoms with E-state index in [0.717, 1.165) is 36.3 Å². The summed E-state index contributed by atoms with van der Waals surface area (Å²) in [6.07, 6.45) is 4.84. The van der Waals surface area contributed by atoms with Gasteiger partial charge in [0.25, 0.3) is 5.91 Å². The maximum atomic E-state index is 13.1. The highest BCUT2D eigenvalue weighted by Gasteiger charge is 2.37. The molecule has 1 aliphatic heterocycles. The second kappa shape index (κ2) is 8.06.